The highest BCUT2D eigenvalue weighted by atomic mass is 35.5. The number of fused-ring (bicyclic) bond motifs is 1. The highest BCUT2D eigenvalue weighted by Crippen LogP contribution is 2.42. The molecular weight excluding hydrogens is 410 g/mol. The van der Waals surface area contributed by atoms with Gasteiger partial charge in [0.05, 0.1) is 25.8 Å². The fourth-order valence-corrected chi connectivity index (χ4v) is 3.71. The number of amides is 1. The maximum atomic E-state index is 12.2. The molecule has 8 nitrogen and oxygen atoms in total. The number of methoxy groups -OCH3 is 2. The van der Waals surface area contributed by atoms with Crippen LogP contribution < -0.4 is 19.5 Å². The number of nitrogens with one attached hydrogen (secondary N) is 1. The third-order valence-electron chi connectivity index (χ3n) is 4.93. The van der Waals surface area contributed by atoms with Gasteiger partial charge in [-0.1, -0.05) is 16.8 Å². The zero-order valence-corrected chi connectivity index (χ0v) is 17.4. The summed E-state index contributed by atoms with van der Waals surface area (Å²) in [6.45, 7) is 1.95. The van der Waals surface area contributed by atoms with E-state index in [4.69, 9.17) is 25.8 Å². The van der Waals surface area contributed by atoms with E-state index in [0.717, 1.165) is 22.4 Å². The smallest absolute Gasteiger partial charge is 0.275 e. The van der Waals surface area contributed by atoms with Gasteiger partial charge >= 0.3 is 0 Å². The minimum Gasteiger partial charge on any atom is -0.497 e. The van der Waals surface area contributed by atoms with Crippen LogP contribution in [0.1, 0.15) is 21.7 Å². The molecule has 0 radical (unpaired) electrons. The van der Waals surface area contributed by atoms with Crippen molar-refractivity contribution in [2.24, 2.45) is 0 Å². The van der Waals surface area contributed by atoms with Crippen molar-refractivity contribution in [1.29, 1.82) is 0 Å². The summed E-state index contributed by atoms with van der Waals surface area (Å²) in [6, 6.07) is 9.45. The first-order chi connectivity index (χ1) is 14.5. The first kappa shape index (κ1) is 20.0. The van der Waals surface area contributed by atoms with E-state index >= 15 is 0 Å². The number of aromatic nitrogens is 2. The highest BCUT2D eigenvalue weighted by Gasteiger charge is 2.27. The van der Waals surface area contributed by atoms with Gasteiger partial charge in [-0.05, 0) is 48.0 Å². The van der Waals surface area contributed by atoms with Crippen LogP contribution >= 0.6 is 11.6 Å². The topological polar surface area (TPSA) is 95.7 Å². The molecule has 156 valence electrons. The van der Waals surface area contributed by atoms with E-state index in [9.17, 15) is 4.79 Å². The number of rotatable bonds is 6. The van der Waals surface area contributed by atoms with Gasteiger partial charge in [0.15, 0.2) is 5.69 Å². The lowest BCUT2D eigenvalue weighted by Crippen LogP contribution is -2.34. The van der Waals surface area contributed by atoms with Crippen molar-refractivity contribution in [3.05, 3.63) is 52.3 Å². The van der Waals surface area contributed by atoms with E-state index in [1.807, 2.05) is 30.3 Å². The van der Waals surface area contributed by atoms with Gasteiger partial charge in [0, 0.05) is 17.5 Å². The number of nitrogens with zero attached hydrogens (tertiary/aromatic N) is 2. The number of halogens is 1. The van der Waals surface area contributed by atoms with Crippen LogP contribution in [0.25, 0.3) is 11.1 Å². The van der Waals surface area contributed by atoms with Gasteiger partial charge in [-0.15, -0.1) is 0 Å². The van der Waals surface area contributed by atoms with Gasteiger partial charge in [-0.25, -0.2) is 4.63 Å². The largest absolute Gasteiger partial charge is 0.497 e. The molecule has 0 bridgehead atoms. The van der Waals surface area contributed by atoms with Crippen LogP contribution in [0.5, 0.6) is 17.2 Å². The summed E-state index contributed by atoms with van der Waals surface area (Å²) < 4.78 is 21.4. The molecule has 1 atom stereocenters. The number of carbonyl (C=O) groups is 1. The molecule has 2 aromatic carbocycles. The van der Waals surface area contributed by atoms with Crippen LogP contribution in [0.2, 0.25) is 5.02 Å². The standard InChI is InChI=1S/C21H20ClN3O5/c1-11-19(25-30-24-11)21(26)23-10-15-7-13-6-12(8-17(22)20(13)29-15)16-9-14(27-2)4-5-18(16)28-3/h4-6,8-9,15H,7,10H2,1-3H3,(H,23,26). The van der Waals surface area contributed by atoms with Crippen molar-refractivity contribution >= 4 is 17.5 Å². The van der Waals surface area contributed by atoms with E-state index in [2.05, 4.69) is 20.3 Å². The van der Waals surface area contributed by atoms with Crippen LogP contribution in [0.4, 0.5) is 0 Å². The zero-order chi connectivity index (χ0) is 21.3. The second-order valence-electron chi connectivity index (χ2n) is 6.86. The molecule has 1 unspecified atom stereocenters. The number of benzene rings is 2. The number of hydrogen-bond acceptors (Lipinski definition) is 7. The molecule has 9 heteroatoms. The van der Waals surface area contributed by atoms with E-state index < -0.39 is 0 Å². The summed E-state index contributed by atoms with van der Waals surface area (Å²) in [5.41, 5.74) is 3.32. The van der Waals surface area contributed by atoms with Gasteiger partial charge in [-0.3, -0.25) is 4.79 Å². The Bertz CT molecular complexity index is 1100. The molecule has 0 saturated carbocycles. The second-order valence-corrected chi connectivity index (χ2v) is 7.27. The average Bonchev–Trinajstić information content (AvgIpc) is 3.37. The van der Waals surface area contributed by atoms with E-state index in [1.165, 1.54) is 0 Å². The lowest BCUT2D eigenvalue weighted by Gasteiger charge is -2.13. The third-order valence-corrected chi connectivity index (χ3v) is 5.21. The Labute approximate surface area is 178 Å². The van der Waals surface area contributed by atoms with Crippen molar-refractivity contribution in [2.45, 2.75) is 19.4 Å². The summed E-state index contributed by atoms with van der Waals surface area (Å²) >= 11 is 6.51. The molecule has 1 aliphatic heterocycles. The Balaban J connectivity index is 1.53. The normalized spacial score (nSPS) is 14.7. The molecule has 0 fully saturated rings. The average molecular weight is 430 g/mol. The first-order valence-corrected chi connectivity index (χ1v) is 9.66. The molecule has 3 aromatic rings. The fraction of sp³-hybridized carbons (Fsp3) is 0.286. The van der Waals surface area contributed by atoms with Gasteiger partial charge in [0.1, 0.15) is 29.0 Å². The molecule has 30 heavy (non-hydrogen) atoms. The molecule has 1 aromatic heterocycles. The van der Waals surface area contributed by atoms with E-state index in [1.54, 1.807) is 21.1 Å². The molecule has 0 aliphatic carbocycles. The second kappa shape index (κ2) is 8.23. The molecule has 0 spiro atoms. The molecule has 0 saturated heterocycles. The van der Waals surface area contributed by atoms with Crippen LogP contribution in [0.3, 0.4) is 0 Å². The van der Waals surface area contributed by atoms with Crippen LogP contribution in [0.15, 0.2) is 35.0 Å². The molecule has 4 rings (SSSR count). The van der Waals surface area contributed by atoms with Crippen LogP contribution in [-0.2, 0) is 6.42 Å². The summed E-state index contributed by atoms with van der Waals surface area (Å²) in [5, 5.41) is 10.5. The van der Waals surface area contributed by atoms with Crippen LogP contribution in [-0.4, -0.2) is 43.1 Å². The maximum absolute atomic E-state index is 12.2. The summed E-state index contributed by atoms with van der Waals surface area (Å²) in [5.74, 6) is 1.70. The van der Waals surface area contributed by atoms with Gasteiger partial charge in [0.25, 0.3) is 5.91 Å². The fourth-order valence-electron chi connectivity index (χ4n) is 3.42. The Morgan fingerprint density at radius 1 is 1.23 bits per heavy atom. The quantitative estimate of drug-likeness (QED) is 0.641. The summed E-state index contributed by atoms with van der Waals surface area (Å²) in [6.07, 6.45) is 0.356. The van der Waals surface area contributed by atoms with Crippen molar-refractivity contribution in [3.8, 4) is 28.4 Å². The number of hydrogen-bond donors (Lipinski definition) is 1. The summed E-state index contributed by atoms with van der Waals surface area (Å²) in [7, 11) is 3.23. The molecular formula is C21H20ClN3O5. The zero-order valence-electron chi connectivity index (χ0n) is 16.7. The predicted octanol–water partition coefficient (Wildman–Crippen LogP) is 3.45. The maximum Gasteiger partial charge on any atom is 0.275 e. The number of aryl methyl sites for hydroxylation is 1. The lowest BCUT2D eigenvalue weighted by molar-refractivity contribution is 0.0923. The lowest BCUT2D eigenvalue weighted by atomic mass is 9.99. The Morgan fingerprint density at radius 3 is 2.77 bits per heavy atom. The van der Waals surface area contributed by atoms with Crippen LogP contribution in [0, 0.1) is 6.92 Å². The first-order valence-electron chi connectivity index (χ1n) is 9.29. The van der Waals surface area contributed by atoms with E-state index in [0.29, 0.717) is 35.2 Å². The van der Waals surface area contributed by atoms with Gasteiger partial charge in [-0.2, -0.15) is 0 Å². The molecule has 1 aliphatic rings. The van der Waals surface area contributed by atoms with Crippen molar-refractivity contribution in [1.82, 2.24) is 15.6 Å². The van der Waals surface area contributed by atoms with Crippen molar-refractivity contribution in [3.63, 3.8) is 0 Å². The Morgan fingerprint density at radius 2 is 2.07 bits per heavy atom. The van der Waals surface area contributed by atoms with Crippen molar-refractivity contribution < 1.29 is 23.6 Å². The SMILES string of the molecule is COc1ccc(OC)c(-c2cc(Cl)c3c(c2)CC(CNC(=O)c2nonc2C)O3)c1. The van der Waals surface area contributed by atoms with E-state index in [-0.39, 0.29) is 17.7 Å². The van der Waals surface area contributed by atoms with Gasteiger partial charge in [0.2, 0.25) is 0 Å². The Hall–Kier alpha value is -3.26. The molecule has 2 heterocycles. The van der Waals surface area contributed by atoms with Gasteiger partial charge < -0.3 is 19.5 Å². The highest BCUT2D eigenvalue weighted by molar-refractivity contribution is 6.32. The predicted molar refractivity (Wildman–Crippen MR) is 109 cm³/mol. The minimum atomic E-state index is -0.360. The monoisotopic (exact) mass is 429 g/mol. The van der Waals surface area contributed by atoms with Crippen molar-refractivity contribution in [2.75, 3.05) is 20.8 Å². The number of ether oxygens (including phenoxy) is 3. The summed E-state index contributed by atoms with van der Waals surface area (Å²) in [4.78, 5) is 12.2. The minimum absolute atomic E-state index is 0.163. The Kier molecular flexibility index (Phi) is 5.50. The molecule has 1 amide bonds. The number of carbonyl (C=O) groups excluding carboxylic acids is 1. The third kappa shape index (κ3) is 3.78. The molecule has 1 N–H and O–H groups in total.